The minimum Gasteiger partial charge on any atom is -0.339 e. The highest BCUT2D eigenvalue weighted by atomic mass is 35.5. The minimum atomic E-state index is -0.174. The number of aromatic nitrogens is 4. The van der Waals surface area contributed by atoms with E-state index in [2.05, 4.69) is 20.3 Å². The molecule has 0 radical (unpaired) electrons. The Morgan fingerprint density at radius 3 is 2.62 bits per heavy atom. The normalized spacial score (nSPS) is 12.1. The average molecular weight is 423 g/mol. The highest BCUT2D eigenvalue weighted by molar-refractivity contribution is 7.98. The lowest BCUT2D eigenvalue weighted by molar-refractivity contribution is 0.857. The van der Waals surface area contributed by atoms with E-state index in [4.69, 9.17) is 11.6 Å². The largest absolute Gasteiger partial charge is 0.339 e. The molecule has 9 heteroatoms. The van der Waals surface area contributed by atoms with Crippen molar-refractivity contribution >= 4 is 62.2 Å². The number of aromatic amines is 1. The Bertz CT molecular complexity index is 1480. The standard InChI is InChI=1S/C20H15ClN6OS/c1-26-14-6-4-3-5-13(14)15-16(24-23-12-9-7-11(21)8-10-12)18-22-20(29-2)25-27(18)19(28)17(15)26/h3-10H,1-2H3,(H,22,25). The summed E-state index contributed by atoms with van der Waals surface area (Å²) in [7, 11) is 1.88. The van der Waals surface area contributed by atoms with Gasteiger partial charge in [0.2, 0.25) is 0 Å². The van der Waals surface area contributed by atoms with Crippen LogP contribution in [0.5, 0.6) is 0 Å². The van der Waals surface area contributed by atoms with Crippen LogP contribution in [0.3, 0.4) is 0 Å². The quantitative estimate of drug-likeness (QED) is 0.309. The Morgan fingerprint density at radius 1 is 1.10 bits per heavy atom. The summed E-state index contributed by atoms with van der Waals surface area (Å²) in [5.41, 5.74) is 2.97. The zero-order valence-electron chi connectivity index (χ0n) is 15.5. The number of thioether (sulfide) groups is 1. The summed E-state index contributed by atoms with van der Waals surface area (Å²) in [6.45, 7) is 0. The first kappa shape index (κ1) is 18.0. The summed E-state index contributed by atoms with van der Waals surface area (Å²) in [6.07, 6.45) is 1.90. The molecule has 0 amide bonds. The second kappa shape index (κ2) is 6.75. The van der Waals surface area contributed by atoms with Gasteiger partial charge in [-0.15, -0.1) is 5.11 Å². The summed E-state index contributed by atoms with van der Waals surface area (Å²) in [5, 5.41) is 14.9. The van der Waals surface area contributed by atoms with Gasteiger partial charge in [-0.3, -0.25) is 9.89 Å². The number of aryl methyl sites for hydroxylation is 1. The Balaban J connectivity index is 1.91. The molecule has 2 aromatic carbocycles. The van der Waals surface area contributed by atoms with Gasteiger partial charge in [0, 0.05) is 28.4 Å². The molecule has 0 aliphatic heterocycles. The maximum absolute atomic E-state index is 13.2. The van der Waals surface area contributed by atoms with Crippen molar-refractivity contribution in [2.75, 3.05) is 6.26 Å². The number of nitrogens with zero attached hydrogens (tertiary/aromatic N) is 5. The first-order chi connectivity index (χ1) is 14.1. The van der Waals surface area contributed by atoms with Crippen LogP contribution in [0.1, 0.15) is 0 Å². The van der Waals surface area contributed by atoms with Crippen molar-refractivity contribution in [3.63, 3.8) is 0 Å². The van der Waals surface area contributed by atoms with Crippen molar-refractivity contribution < 1.29 is 0 Å². The van der Waals surface area contributed by atoms with E-state index in [1.54, 1.807) is 24.3 Å². The van der Waals surface area contributed by atoms with Crippen LogP contribution in [0.15, 0.2) is 68.7 Å². The van der Waals surface area contributed by atoms with Crippen LogP contribution >= 0.6 is 23.4 Å². The van der Waals surface area contributed by atoms with E-state index in [1.807, 2.05) is 42.1 Å². The predicted molar refractivity (Wildman–Crippen MR) is 117 cm³/mol. The summed E-state index contributed by atoms with van der Waals surface area (Å²) < 4.78 is 3.32. The Morgan fingerprint density at radius 2 is 1.86 bits per heavy atom. The molecule has 0 atom stereocenters. The molecule has 1 N–H and O–H groups in total. The van der Waals surface area contributed by atoms with Crippen LogP contribution in [0.2, 0.25) is 5.02 Å². The molecule has 5 aromatic rings. The van der Waals surface area contributed by atoms with Crippen LogP contribution in [-0.4, -0.2) is 25.4 Å². The lowest BCUT2D eigenvalue weighted by Crippen LogP contribution is -2.16. The van der Waals surface area contributed by atoms with E-state index in [0.29, 0.717) is 32.7 Å². The summed E-state index contributed by atoms with van der Waals surface area (Å²) in [5.74, 6) is 0. The maximum atomic E-state index is 13.2. The van der Waals surface area contributed by atoms with Crippen molar-refractivity contribution in [2.45, 2.75) is 5.16 Å². The van der Waals surface area contributed by atoms with Gasteiger partial charge in [0.15, 0.2) is 10.8 Å². The third kappa shape index (κ3) is 2.75. The van der Waals surface area contributed by atoms with Crippen molar-refractivity contribution in [1.29, 1.82) is 0 Å². The predicted octanol–water partition coefficient (Wildman–Crippen LogP) is 5.46. The van der Waals surface area contributed by atoms with E-state index in [-0.39, 0.29) is 5.56 Å². The number of benzene rings is 2. The minimum absolute atomic E-state index is 0.174. The number of rotatable bonds is 3. The van der Waals surface area contributed by atoms with E-state index >= 15 is 0 Å². The molecule has 5 rings (SSSR count). The van der Waals surface area contributed by atoms with E-state index in [0.717, 1.165) is 16.3 Å². The molecule has 3 heterocycles. The van der Waals surface area contributed by atoms with Crippen molar-refractivity contribution in [1.82, 2.24) is 19.2 Å². The van der Waals surface area contributed by atoms with Crippen molar-refractivity contribution in [3.05, 3.63) is 63.9 Å². The molecule has 0 spiro atoms. The van der Waals surface area contributed by atoms with E-state index in [1.165, 1.54) is 16.3 Å². The molecule has 0 fully saturated rings. The second-order valence-electron chi connectivity index (χ2n) is 6.52. The summed E-state index contributed by atoms with van der Waals surface area (Å²) in [6, 6.07) is 15.0. The molecule has 0 saturated carbocycles. The fourth-order valence-electron chi connectivity index (χ4n) is 3.53. The summed E-state index contributed by atoms with van der Waals surface area (Å²) >= 11 is 7.38. The van der Waals surface area contributed by atoms with Crippen LogP contribution in [0.25, 0.3) is 27.5 Å². The molecule has 3 aromatic heterocycles. The number of azo groups is 1. The highest BCUT2D eigenvalue weighted by Gasteiger charge is 2.21. The number of halogens is 1. The second-order valence-corrected chi connectivity index (χ2v) is 7.75. The number of hydrogen-bond acceptors (Lipinski definition) is 5. The fraction of sp³-hybridized carbons (Fsp3) is 0.100. The van der Waals surface area contributed by atoms with Crippen LogP contribution < -0.4 is 5.56 Å². The Kier molecular flexibility index (Phi) is 4.18. The molecule has 29 heavy (non-hydrogen) atoms. The summed E-state index contributed by atoms with van der Waals surface area (Å²) in [4.78, 5) is 17.8. The smallest absolute Gasteiger partial charge is 0.295 e. The van der Waals surface area contributed by atoms with Gasteiger partial charge < -0.3 is 4.57 Å². The van der Waals surface area contributed by atoms with Crippen LogP contribution in [0, 0.1) is 0 Å². The number of H-pyrrole nitrogens is 1. The van der Waals surface area contributed by atoms with Crippen LogP contribution in [-0.2, 0) is 7.05 Å². The number of para-hydroxylation sites is 1. The molecule has 0 aliphatic carbocycles. The monoisotopic (exact) mass is 422 g/mol. The Hall–Kier alpha value is -3.10. The number of pyridine rings is 1. The first-order valence-electron chi connectivity index (χ1n) is 8.81. The average Bonchev–Trinajstić information content (AvgIpc) is 3.30. The number of fused-ring (bicyclic) bond motifs is 4. The van der Waals surface area contributed by atoms with Gasteiger partial charge in [0.05, 0.1) is 5.69 Å². The maximum Gasteiger partial charge on any atom is 0.295 e. The molecule has 144 valence electrons. The molecular weight excluding hydrogens is 408 g/mol. The van der Waals surface area contributed by atoms with Gasteiger partial charge in [0.25, 0.3) is 5.56 Å². The zero-order valence-corrected chi connectivity index (χ0v) is 17.1. The molecule has 0 saturated heterocycles. The molecular formula is C20H15ClN6OS. The van der Waals surface area contributed by atoms with Gasteiger partial charge in [0.1, 0.15) is 11.2 Å². The van der Waals surface area contributed by atoms with Gasteiger partial charge in [-0.2, -0.15) is 9.63 Å². The zero-order chi connectivity index (χ0) is 20.1. The van der Waals surface area contributed by atoms with Gasteiger partial charge >= 0.3 is 0 Å². The third-order valence-corrected chi connectivity index (χ3v) is 5.69. The lowest BCUT2D eigenvalue weighted by Gasteiger charge is -2.01. The van der Waals surface area contributed by atoms with Gasteiger partial charge in [-0.1, -0.05) is 41.6 Å². The number of hydrogen-bond donors (Lipinski definition) is 1. The van der Waals surface area contributed by atoms with Crippen LogP contribution in [0.4, 0.5) is 11.4 Å². The van der Waals surface area contributed by atoms with Crippen molar-refractivity contribution in [3.8, 4) is 0 Å². The fourth-order valence-corrected chi connectivity index (χ4v) is 4.01. The van der Waals surface area contributed by atoms with Gasteiger partial charge in [-0.05, 0) is 36.6 Å². The lowest BCUT2D eigenvalue weighted by atomic mass is 10.1. The molecule has 0 aliphatic rings. The van der Waals surface area contributed by atoms with E-state index < -0.39 is 0 Å². The van der Waals surface area contributed by atoms with Crippen molar-refractivity contribution in [2.24, 2.45) is 17.3 Å². The third-order valence-electron chi connectivity index (χ3n) is 4.87. The number of nitrogens with one attached hydrogen (secondary N) is 1. The van der Waals surface area contributed by atoms with E-state index in [9.17, 15) is 4.79 Å². The first-order valence-corrected chi connectivity index (χ1v) is 10.4. The topological polar surface area (TPSA) is 79.8 Å². The molecule has 0 bridgehead atoms. The Labute approximate surface area is 174 Å². The molecule has 0 unspecified atom stereocenters. The highest BCUT2D eigenvalue weighted by Crippen LogP contribution is 2.37. The molecule has 7 nitrogen and oxygen atoms in total. The SMILES string of the molecule is CSc1nc2c(N=Nc3ccc(Cl)cc3)c3c4ccccc4n(C)c3c(=O)n2[nH]1. The van der Waals surface area contributed by atoms with Gasteiger partial charge in [-0.25, -0.2) is 4.98 Å².